The zero-order valence-corrected chi connectivity index (χ0v) is 12.4. The lowest BCUT2D eigenvalue weighted by Gasteiger charge is -2.14. The SMILES string of the molecule is Cc1ccc(C(C#N)C(=O)Cc2ccccc2)cc1C(F)(F)F. The van der Waals surface area contributed by atoms with E-state index in [1.807, 2.05) is 6.07 Å². The van der Waals surface area contributed by atoms with Crippen molar-refractivity contribution in [1.29, 1.82) is 5.26 Å². The number of nitrogens with zero attached hydrogens (tertiary/aromatic N) is 1. The molecule has 0 N–H and O–H groups in total. The van der Waals surface area contributed by atoms with E-state index < -0.39 is 23.4 Å². The average Bonchev–Trinajstić information content (AvgIpc) is 2.49. The molecule has 2 aromatic rings. The summed E-state index contributed by atoms with van der Waals surface area (Å²) in [6, 6.07) is 14.2. The second-order valence-electron chi connectivity index (χ2n) is 5.26. The highest BCUT2D eigenvalue weighted by Crippen LogP contribution is 2.34. The van der Waals surface area contributed by atoms with E-state index in [1.165, 1.54) is 19.1 Å². The molecule has 0 saturated heterocycles. The molecule has 0 aliphatic heterocycles. The molecule has 0 saturated carbocycles. The predicted molar refractivity (Wildman–Crippen MR) is 79.7 cm³/mol. The van der Waals surface area contributed by atoms with Gasteiger partial charge in [0.1, 0.15) is 5.92 Å². The third-order valence-corrected chi connectivity index (χ3v) is 3.57. The van der Waals surface area contributed by atoms with Gasteiger partial charge in [0.05, 0.1) is 11.6 Å². The maximum atomic E-state index is 13.0. The van der Waals surface area contributed by atoms with Crippen LogP contribution < -0.4 is 0 Å². The summed E-state index contributed by atoms with van der Waals surface area (Å²) < 4.78 is 38.9. The van der Waals surface area contributed by atoms with Crippen molar-refractivity contribution >= 4 is 5.78 Å². The minimum Gasteiger partial charge on any atom is -0.297 e. The molecule has 2 rings (SSSR count). The summed E-state index contributed by atoms with van der Waals surface area (Å²) in [5.74, 6) is -1.63. The number of benzene rings is 2. The second kappa shape index (κ2) is 6.66. The first-order valence-corrected chi connectivity index (χ1v) is 6.97. The Bertz CT molecular complexity index is 745. The molecule has 1 unspecified atom stereocenters. The van der Waals surface area contributed by atoms with E-state index in [-0.39, 0.29) is 17.5 Å². The molecular formula is C18H14F3NO. The van der Waals surface area contributed by atoms with Crippen LogP contribution in [0.4, 0.5) is 13.2 Å². The molecule has 0 aliphatic carbocycles. The van der Waals surface area contributed by atoms with Crippen molar-refractivity contribution in [3.8, 4) is 6.07 Å². The van der Waals surface area contributed by atoms with Crippen LogP contribution in [0, 0.1) is 18.3 Å². The minimum absolute atomic E-state index is 0.00823. The summed E-state index contributed by atoms with van der Waals surface area (Å²) in [5.41, 5.74) is 0.0449. The summed E-state index contributed by atoms with van der Waals surface area (Å²) in [6.45, 7) is 1.35. The smallest absolute Gasteiger partial charge is 0.297 e. The van der Waals surface area contributed by atoms with Crippen LogP contribution in [0.5, 0.6) is 0 Å². The van der Waals surface area contributed by atoms with Crippen molar-refractivity contribution in [2.45, 2.75) is 25.4 Å². The van der Waals surface area contributed by atoms with Gasteiger partial charge in [0.25, 0.3) is 0 Å². The first kappa shape index (κ1) is 16.8. The Morgan fingerprint density at radius 2 is 1.83 bits per heavy atom. The molecule has 0 heterocycles. The van der Waals surface area contributed by atoms with Crippen molar-refractivity contribution < 1.29 is 18.0 Å². The van der Waals surface area contributed by atoms with Gasteiger partial charge in [-0.15, -0.1) is 0 Å². The Balaban J connectivity index is 2.31. The van der Waals surface area contributed by atoms with Gasteiger partial charge in [0.15, 0.2) is 5.78 Å². The van der Waals surface area contributed by atoms with E-state index >= 15 is 0 Å². The fourth-order valence-corrected chi connectivity index (χ4v) is 2.36. The molecule has 0 amide bonds. The first-order chi connectivity index (χ1) is 10.8. The lowest BCUT2D eigenvalue weighted by Crippen LogP contribution is -2.15. The number of alkyl halides is 3. The fraction of sp³-hybridized carbons (Fsp3) is 0.222. The number of carbonyl (C=O) groups is 1. The maximum Gasteiger partial charge on any atom is 0.416 e. The van der Waals surface area contributed by atoms with Gasteiger partial charge in [0, 0.05) is 6.42 Å². The van der Waals surface area contributed by atoms with Crippen molar-refractivity contribution in [3.63, 3.8) is 0 Å². The number of rotatable bonds is 4. The van der Waals surface area contributed by atoms with Crippen LogP contribution in [-0.4, -0.2) is 5.78 Å². The largest absolute Gasteiger partial charge is 0.416 e. The molecular weight excluding hydrogens is 303 g/mol. The van der Waals surface area contributed by atoms with Crippen LogP contribution >= 0.6 is 0 Å². The number of aryl methyl sites for hydroxylation is 1. The molecule has 0 aromatic heterocycles. The van der Waals surface area contributed by atoms with Gasteiger partial charge in [0.2, 0.25) is 0 Å². The molecule has 1 atom stereocenters. The number of carbonyl (C=O) groups excluding carboxylic acids is 1. The molecule has 2 aromatic carbocycles. The number of hydrogen-bond acceptors (Lipinski definition) is 2. The molecule has 0 fully saturated rings. The monoisotopic (exact) mass is 317 g/mol. The Hall–Kier alpha value is -2.61. The molecule has 118 valence electrons. The Kier molecular flexibility index (Phi) is 4.85. The van der Waals surface area contributed by atoms with Crippen LogP contribution in [0.25, 0.3) is 0 Å². The van der Waals surface area contributed by atoms with E-state index in [2.05, 4.69) is 0 Å². The number of halogens is 3. The van der Waals surface area contributed by atoms with Crippen LogP contribution in [0.1, 0.15) is 28.2 Å². The molecule has 0 radical (unpaired) electrons. The molecule has 0 aliphatic rings. The third kappa shape index (κ3) is 3.98. The fourth-order valence-electron chi connectivity index (χ4n) is 2.36. The molecule has 0 spiro atoms. The minimum atomic E-state index is -4.51. The van der Waals surface area contributed by atoms with Crippen LogP contribution in [-0.2, 0) is 17.4 Å². The summed E-state index contributed by atoms with van der Waals surface area (Å²) in [7, 11) is 0. The van der Waals surface area contributed by atoms with Gasteiger partial charge < -0.3 is 0 Å². The first-order valence-electron chi connectivity index (χ1n) is 6.97. The van der Waals surface area contributed by atoms with Gasteiger partial charge in [-0.05, 0) is 29.7 Å². The standard InChI is InChI=1S/C18H14F3NO/c1-12-7-8-14(10-16(12)18(19,20)21)15(11-22)17(23)9-13-5-3-2-4-6-13/h2-8,10,15H,9H2,1H3. The number of hydrogen-bond donors (Lipinski definition) is 0. The van der Waals surface area contributed by atoms with E-state index in [1.54, 1.807) is 30.3 Å². The lowest BCUT2D eigenvalue weighted by atomic mass is 9.90. The van der Waals surface area contributed by atoms with Gasteiger partial charge in [-0.3, -0.25) is 4.79 Å². The molecule has 0 bridgehead atoms. The van der Waals surface area contributed by atoms with Crippen molar-refractivity contribution in [2.75, 3.05) is 0 Å². The predicted octanol–water partition coefficient (Wildman–Crippen LogP) is 4.43. The molecule has 23 heavy (non-hydrogen) atoms. The van der Waals surface area contributed by atoms with Crippen LogP contribution in [0.3, 0.4) is 0 Å². The van der Waals surface area contributed by atoms with Gasteiger partial charge in [-0.1, -0.05) is 42.5 Å². The summed E-state index contributed by atoms with van der Waals surface area (Å²) in [6.07, 6.45) is -4.50. The van der Waals surface area contributed by atoms with Crippen LogP contribution in [0.2, 0.25) is 0 Å². The molecule has 5 heteroatoms. The van der Waals surface area contributed by atoms with Gasteiger partial charge >= 0.3 is 6.18 Å². The van der Waals surface area contributed by atoms with Gasteiger partial charge in [-0.2, -0.15) is 18.4 Å². The molecule has 2 nitrogen and oxygen atoms in total. The van der Waals surface area contributed by atoms with Gasteiger partial charge in [-0.25, -0.2) is 0 Å². The summed E-state index contributed by atoms with van der Waals surface area (Å²) in [5, 5.41) is 9.24. The Morgan fingerprint density at radius 3 is 2.39 bits per heavy atom. The normalized spacial score (nSPS) is 12.5. The number of Topliss-reactive ketones (excluding diaryl/α,β-unsaturated/α-hetero) is 1. The Morgan fingerprint density at radius 1 is 1.17 bits per heavy atom. The second-order valence-corrected chi connectivity index (χ2v) is 5.26. The average molecular weight is 317 g/mol. The number of ketones is 1. The summed E-state index contributed by atoms with van der Waals surface area (Å²) in [4.78, 5) is 12.3. The zero-order valence-electron chi connectivity index (χ0n) is 12.4. The van der Waals surface area contributed by atoms with E-state index in [9.17, 15) is 23.2 Å². The maximum absolute atomic E-state index is 13.0. The zero-order chi connectivity index (χ0) is 17.0. The highest BCUT2D eigenvalue weighted by Gasteiger charge is 2.33. The highest BCUT2D eigenvalue weighted by molar-refractivity contribution is 5.90. The van der Waals surface area contributed by atoms with Crippen molar-refractivity contribution in [1.82, 2.24) is 0 Å². The quantitative estimate of drug-likeness (QED) is 0.837. The van der Waals surface area contributed by atoms with Crippen molar-refractivity contribution in [3.05, 3.63) is 70.8 Å². The van der Waals surface area contributed by atoms with Crippen LogP contribution in [0.15, 0.2) is 48.5 Å². The summed E-state index contributed by atoms with van der Waals surface area (Å²) >= 11 is 0. The lowest BCUT2D eigenvalue weighted by molar-refractivity contribution is -0.138. The topological polar surface area (TPSA) is 40.9 Å². The van der Waals surface area contributed by atoms with Crippen molar-refractivity contribution in [2.24, 2.45) is 0 Å². The number of nitriles is 1. The Labute approximate surface area is 132 Å². The highest BCUT2D eigenvalue weighted by atomic mass is 19.4. The van der Waals surface area contributed by atoms with E-state index in [0.717, 1.165) is 11.6 Å². The third-order valence-electron chi connectivity index (χ3n) is 3.57. The van der Waals surface area contributed by atoms with E-state index in [4.69, 9.17) is 0 Å². The van der Waals surface area contributed by atoms with E-state index in [0.29, 0.717) is 0 Å².